The molecule has 1 heterocycles. The first-order valence-electron chi connectivity index (χ1n) is 5.56. The molecule has 0 spiro atoms. The quantitative estimate of drug-likeness (QED) is 0.777. The highest BCUT2D eigenvalue weighted by molar-refractivity contribution is 5.47. The highest BCUT2D eigenvalue weighted by Crippen LogP contribution is 2.24. The fourth-order valence-electron chi connectivity index (χ4n) is 1.87. The fourth-order valence-corrected chi connectivity index (χ4v) is 1.87. The van der Waals surface area contributed by atoms with Crippen LogP contribution in [0.4, 0.5) is 5.82 Å². The van der Waals surface area contributed by atoms with Gasteiger partial charge in [-0.2, -0.15) is 0 Å². The molecule has 15 heavy (non-hydrogen) atoms. The van der Waals surface area contributed by atoms with E-state index in [4.69, 9.17) is 0 Å². The maximum atomic E-state index is 9.46. The molecule has 4 heteroatoms. The van der Waals surface area contributed by atoms with Crippen molar-refractivity contribution in [2.24, 2.45) is 0 Å². The Morgan fingerprint density at radius 2 is 2.33 bits per heavy atom. The van der Waals surface area contributed by atoms with Crippen LogP contribution in [0.5, 0.6) is 0 Å². The molecule has 0 saturated carbocycles. The second-order valence-electron chi connectivity index (χ2n) is 3.94. The molecule has 1 aromatic heterocycles. The van der Waals surface area contributed by atoms with E-state index in [0.29, 0.717) is 6.54 Å². The third-order valence-corrected chi connectivity index (χ3v) is 2.85. The van der Waals surface area contributed by atoms with Crippen LogP contribution in [0.1, 0.15) is 31.0 Å². The van der Waals surface area contributed by atoms with Crippen molar-refractivity contribution in [1.82, 2.24) is 9.97 Å². The van der Waals surface area contributed by atoms with Gasteiger partial charge in [0.05, 0.1) is 6.10 Å². The molecule has 0 bridgehead atoms. The van der Waals surface area contributed by atoms with Crippen LogP contribution in [0.2, 0.25) is 0 Å². The number of hydrogen-bond donors (Lipinski definition) is 2. The summed E-state index contributed by atoms with van der Waals surface area (Å²) in [5.41, 5.74) is 2.40. The Labute approximate surface area is 89.8 Å². The first-order chi connectivity index (χ1) is 7.31. The summed E-state index contributed by atoms with van der Waals surface area (Å²) in [6.45, 7) is 2.54. The van der Waals surface area contributed by atoms with Gasteiger partial charge in [-0.05, 0) is 25.7 Å². The van der Waals surface area contributed by atoms with Gasteiger partial charge in [0.15, 0.2) is 0 Å². The Hall–Kier alpha value is -1.16. The predicted octanol–water partition coefficient (Wildman–Crippen LogP) is 1.15. The van der Waals surface area contributed by atoms with E-state index >= 15 is 0 Å². The summed E-state index contributed by atoms with van der Waals surface area (Å²) in [6.07, 6.45) is 5.35. The minimum atomic E-state index is -0.294. The number of nitrogens with one attached hydrogen (secondary N) is 1. The lowest BCUT2D eigenvalue weighted by molar-refractivity contribution is 0.183. The van der Waals surface area contributed by atoms with Crippen LogP contribution >= 0.6 is 0 Å². The van der Waals surface area contributed by atoms with E-state index in [1.165, 1.54) is 17.7 Å². The summed E-state index contributed by atoms with van der Waals surface area (Å²) < 4.78 is 0. The minimum Gasteiger partial charge on any atom is -0.391 e. The number of aryl methyl sites for hydroxylation is 1. The zero-order chi connectivity index (χ0) is 10.7. The van der Waals surface area contributed by atoms with Gasteiger partial charge in [0.25, 0.3) is 0 Å². The van der Waals surface area contributed by atoms with Gasteiger partial charge in [-0.3, -0.25) is 0 Å². The summed E-state index contributed by atoms with van der Waals surface area (Å²) in [6, 6.07) is 0. The molecule has 0 radical (unpaired) electrons. The summed E-state index contributed by atoms with van der Waals surface area (Å²) >= 11 is 0. The zero-order valence-corrected chi connectivity index (χ0v) is 9.03. The van der Waals surface area contributed by atoms with Crippen LogP contribution in [0.3, 0.4) is 0 Å². The van der Waals surface area contributed by atoms with Gasteiger partial charge in [0, 0.05) is 17.8 Å². The Balaban J connectivity index is 2.06. The van der Waals surface area contributed by atoms with Crippen molar-refractivity contribution in [2.45, 2.75) is 38.7 Å². The molecule has 1 unspecified atom stereocenters. The number of fused-ring (bicyclic) bond motifs is 1. The summed E-state index contributed by atoms with van der Waals surface area (Å²) in [4.78, 5) is 8.48. The molecule has 4 nitrogen and oxygen atoms in total. The lowest BCUT2D eigenvalue weighted by Gasteiger charge is -2.12. The highest BCUT2D eigenvalue weighted by atomic mass is 16.3. The minimum absolute atomic E-state index is 0.294. The number of aromatic nitrogens is 2. The van der Waals surface area contributed by atoms with Gasteiger partial charge in [0.2, 0.25) is 0 Å². The van der Waals surface area contributed by atoms with Gasteiger partial charge in [-0.25, -0.2) is 9.97 Å². The monoisotopic (exact) mass is 207 g/mol. The van der Waals surface area contributed by atoms with Crippen molar-refractivity contribution in [1.29, 1.82) is 0 Å². The van der Waals surface area contributed by atoms with Gasteiger partial charge in [-0.1, -0.05) is 6.92 Å². The maximum absolute atomic E-state index is 9.46. The molecule has 0 amide bonds. The van der Waals surface area contributed by atoms with Gasteiger partial charge < -0.3 is 10.4 Å². The van der Waals surface area contributed by atoms with Crippen molar-refractivity contribution in [3.05, 3.63) is 17.6 Å². The topological polar surface area (TPSA) is 58.0 Å². The van der Waals surface area contributed by atoms with Crippen LogP contribution < -0.4 is 5.32 Å². The molecule has 0 aliphatic heterocycles. The lowest BCUT2D eigenvalue weighted by Crippen LogP contribution is -2.19. The maximum Gasteiger partial charge on any atom is 0.132 e. The standard InChI is InChI=1S/C11H17N3O/c1-2-8(15)6-12-11-9-4-3-5-10(9)13-7-14-11/h7-8,15H,2-6H2,1H3,(H,12,13,14). The van der Waals surface area contributed by atoms with E-state index in [1.807, 2.05) is 6.92 Å². The van der Waals surface area contributed by atoms with E-state index in [9.17, 15) is 5.11 Å². The third-order valence-electron chi connectivity index (χ3n) is 2.85. The molecule has 1 aromatic rings. The SMILES string of the molecule is CCC(O)CNc1ncnc2c1CCC2. The first-order valence-corrected chi connectivity index (χ1v) is 5.56. The molecular weight excluding hydrogens is 190 g/mol. The van der Waals surface area contributed by atoms with Crippen LogP contribution in [0, 0.1) is 0 Å². The van der Waals surface area contributed by atoms with Crippen LogP contribution in [-0.2, 0) is 12.8 Å². The van der Waals surface area contributed by atoms with Gasteiger partial charge in [-0.15, -0.1) is 0 Å². The van der Waals surface area contributed by atoms with Crippen LogP contribution in [0.15, 0.2) is 6.33 Å². The molecule has 0 fully saturated rings. The molecule has 2 rings (SSSR count). The van der Waals surface area contributed by atoms with Gasteiger partial charge in [0.1, 0.15) is 12.1 Å². The van der Waals surface area contributed by atoms with Gasteiger partial charge >= 0.3 is 0 Å². The van der Waals surface area contributed by atoms with E-state index in [1.54, 1.807) is 6.33 Å². The molecular formula is C11H17N3O. The Bertz CT molecular complexity index is 341. The number of rotatable bonds is 4. The Morgan fingerprint density at radius 1 is 1.47 bits per heavy atom. The zero-order valence-electron chi connectivity index (χ0n) is 9.03. The molecule has 0 saturated heterocycles. The summed E-state index contributed by atoms with van der Waals surface area (Å²) in [5, 5.41) is 12.7. The van der Waals surface area contributed by atoms with Crippen molar-refractivity contribution in [3.8, 4) is 0 Å². The van der Waals surface area contributed by atoms with Crippen molar-refractivity contribution in [2.75, 3.05) is 11.9 Å². The van der Waals surface area contributed by atoms with Crippen LogP contribution in [0.25, 0.3) is 0 Å². The van der Waals surface area contributed by atoms with E-state index in [0.717, 1.165) is 25.1 Å². The molecule has 1 atom stereocenters. The average Bonchev–Trinajstić information content (AvgIpc) is 2.74. The van der Waals surface area contributed by atoms with E-state index in [2.05, 4.69) is 15.3 Å². The van der Waals surface area contributed by atoms with E-state index in [-0.39, 0.29) is 6.10 Å². The van der Waals surface area contributed by atoms with Crippen molar-refractivity contribution < 1.29 is 5.11 Å². The molecule has 1 aliphatic rings. The Kier molecular flexibility index (Phi) is 3.16. The number of hydrogen-bond acceptors (Lipinski definition) is 4. The van der Waals surface area contributed by atoms with Crippen molar-refractivity contribution >= 4 is 5.82 Å². The third kappa shape index (κ3) is 2.26. The molecule has 82 valence electrons. The highest BCUT2D eigenvalue weighted by Gasteiger charge is 2.16. The first kappa shape index (κ1) is 10.4. The number of nitrogens with zero attached hydrogens (tertiary/aromatic N) is 2. The predicted molar refractivity (Wildman–Crippen MR) is 58.8 cm³/mol. The van der Waals surface area contributed by atoms with E-state index < -0.39 is 0 Å². The molecule has 1 aliphatic carbocycles. The number of aliphatic hydroxyl groups is 1. The summed E-state index contributed by atoms with van der Waals surface area (Å²) in [5.74, 6) is 0.907. The second kappa shape index (κ2) is 4.57. The largest absolute Gasteiger partial charge is 0.391 e. The second-order valence-corrected chi connectivity index (χ2v) is 3.94. The van der Waals surface area contributed by atoms with Crippen molar-refractivity contribution in [3.63, 3.8) is 0 Å². The average molecular weight is 207 g/mol. The van der Waals surface area contributed by atoms with Crippen LogP contribution in [-0.4, -0.2) is 27.7 Å². The normalized spacial score (nSPS) is 16.1. The smallest absolute Gasteiger partial charge is 0.132 e. The fraction of sp³-hybridized carbons (Fsp3) is 0.636. The Morgan fingerprint density at radius 3 is 3.13 bits per heavy atom. The lowest BCUT2D eigenvalue weighted by atomic mass is 10.2. The summed E-state index contributed by atoms with van der Waals surface area (Å²) in [7, 11) is 0. The number of aliphatic hydroxyl groups excluding tert-OH is 1. The molecule has 0 aromatic carbocycles. The number of anilines is 1. The molecule has 2 N–H and O–H groups in total.